The normalized spacial score (nSPS) is 13.3. The second-order valence-electron chi connectivity index (χ2n) is 2.65. The molecule has 0 saturated carbocycles. The van der Waals surface area contributed by atoms with E-state index in [9.17, 15) is 13.2 Å². The van der Waals surface area contributed by atoms with E-state index in [-0.39, 0.29) is 5.02 Å². The maximum atomic E-state index is 12.8. The summed E-state index contributed by atoms with van der Waals surface area (Å²) >= 11 is 5.50. The predicted molar refractivity (Wildman–Crippen MR) is 46.0 cm³/mol. The highest BCUT2D eigenvalue weighted by Gasteiger charge is 2.25. The number of halogens is 4. The van der Waals surface area contributed by atoms with E-state index >= 15 is 0 Å². The summed E-state index contributed by atoms with van der Waals surface area (Å²) in [6.45, 7) is 0. The zero-order chi connectivity index (χ0) is 10.9. The topological polar surface area (TPSA) is 46.2 Å². The molecule has 1 rings (SSSR count). The van der Waals surface area contributed by atoms with E-state index in [0.717, 1.165) is 12.1 Å². The molecule has 0 radical (unpaired) electrons. The second-order valence-corrected chi connectivity index (χ2v) is 3.06. The summed E-state index contributed by atoms with van der Waals surface area (Å²) < 4.78 is 37.2. The predicted octanol–water partition coefficient (Wildman–Crippen LogP) is 2.45. The number of aromatic hydroxyl groups is 1. The summed E-state index contributed by atoms with van der Waals surface area (Å²) in [6, 6.07) is 0.145. The number of benzene rings is 1. The van der Waals surface area contributed by atoms with Crippen molar-refractivity contribution in [2.75, 3.05) is 0 Å². The van der Waals surface area contributed by atoms with Gasteiger partial charge in [0, 0.05) is 10.6 Å². The van der Waals surface area contributed by atoms with Gasteiger partial charge < -0.3 is 10.8 Å². The number of nitrogens with two attached hydrogens (primary N) is 1. The van der Waals surface area contributed by atoms with Crippen LogP contribution in [0.25, 0.3) is 0 Å². The Balaban J connectivity index is 3.25. The molecular formula is C8H7ClF3NO. The first-order valence-electron chi connectivity index (χ1n) is 3.65. The quantitative estimate of drug-likeness (QED) is 0.812. The summed E-state index contributed by atoms with van der Waals surface area (Å²) in [6.07, 6.45) is -2.92. The molecule has 1 atom stereocenters. The molecule has 1 aromatic rings. The van der Waals surface area contributed by atoms with Gasteiger partial charge in [0.25, 0.3) is 6.43 Å². The van der Waals surface area contributed by atoms with E-state index in [4.69, 9.17) is 22.4 Å². The summed E-state index contributed by atoms with van der Waals surface area (Å²) in [5.41, 5.74) is 4.58. The van der Waals surface area contributed by atoms with E-state index in [0.29, 0.717) is 0 Å². The van der Waals surface area contributed by atoms with Gasteiger partial charge in [0.2, 0.25) is 0 Å². The number of hydrogen-bond acceptors (Lipinski definition) is 2. The van der Waals surface area contributed by atoms with Crippen molar-refractivity contribution in [1.82, 2.24) is 0 Å². The SMILES string of the molecule is N[C@@H](c1c(Cl)ccc(F)c1O)C(F)F. The van der Waals surface area contributed by atoms with Crippen LogP contribution in [-0.2, 0) is 0 Å². The van der Waals surface area contributed by atoms with Crippen molar-refractivity contribution >= 4 is 11.6 Å². The lowest BCUT2D eigenvalue weighted by Gasteiger charge is -2.14. The number of phenolic OH excluding ortho intramolecular Hbond substituents is 1. The Kier molecular flexibility index (Phi) is 3.23. The van der Waals surface area contributed by atoms with Crippen LogP contribution in [0.15, 0.2) is 12.1 Å². The van der Waals surface area contributed by atoms with E-state index in [2.05, 4.69) is 0 Å². The van der Waals surface area contributed by atoms with Crippen molar-refractivity contribution in [1.29, 1.82) is 0 Å². The van der Waals surface area contributed by atoms with Crippen LogP contribution < -0.4 is 5.73 Å². The molecular weight excluding hydrogens is 219 g/mol. The second kappa shape index (κ2) is 4.06. The standard InChI is InChI=1S/C8H7ClF3NO/c9-3-1-2-4(10)7(14)5(3)6(13)8(11)12/h1-2,6,8,14H,13H2/t6-/m0/s1. The van der Waals surface area contributed by atoms with Crippen LogP contribution in [0.5, 0.6) is 5.75 Å². The molecule has 2 nitrogen and oxygen atoms in total. The Labute approximate surface area is 83.1 Å². The molecule has 6 heteroatoms. The van der Waals surface area contributed by atoms with Crippen LogP contribution in [0.2, 0.25) is 5.02 Å². The Morgan fingerprint density at radius 3 is 2.43 bits per heavy atom. The summed E-state index contributed by atoms with van der Waals surface area (Å²) in [5.74, 6) is -1.95. The number of rotatable bonds is 2. The van der Waals surface area contributed by atoms with Crippen LogP contribution in [0.1, 0.15) is 11.6 Å². The number of hydrogen-bond donors (Lipinski definition) is 2. The highest BCUT2D eigenvalue weighted by atomic mass is 35.5. The lowest BCUT2D eigenvalue weighted by Crippen LogP contribution is -2.19. The number of alkyl halides is 2. The minimum absolute atomic E-state index is 0.184. The molecule has 0 aromatic heterocycles. The van der Waals surface area contributed by atoms with Gasteiger partial charge in [0.05, 0.1) is 6.04 Å². The zero-order valence-corrected chi connectivity index (χ0v) is 7.60. The van der Waals surface area contributed by atoms with Gasteiger partial charge >= 0.3 is 0 Å². The van der Waals surface area contributed by atoms with Crippen molar-refractivity contribution in [3.63, 3.8) is 0 Å². The van der Waals surface area contributed by atoms with Gasteiger partial charge in [0.15, 0.2) is 11.6 Å². The molecule has 3 N–H and O–H groups in total. The molecule has 0 aliphatic rings. The van der Waals surface area contributed by atoms with Crippen molar-refractivity contribution in [3.05, 3.63) is 28.5 Å². The van der Waals surface area contributed by atoms with Crippen LogP contribution >= 0.6 is 11.6 Å². The van der Waals surface area contributed by atoms with Gasteiger partial charge in [-0.2, -0.15) is 0 Å². The fourth-order valence-electron chi connectivity index (χ4n) is 1.000. The molecule has 0 bridgehead atoms. The third kappa shape index (κ3) is 1.93. The first kappa shape index (κ1) is 11.1. The van der Waals surface area contributed by atoms with Crippen molar-refractivity contribution < 1.29 is 18.3 Å². The van der Waals surface area contributed by atoms with Gasteiger partial charge in [-0.3, -0.25) is 0 Å². The highest BCUT2D eigenvalue weighted by molar-refractivity contribution is 6.31. The van der Waals surface area contributed by atoms with E-state index in [1.165, 1.54) is 0 Å². The fourth-order valence-corrected chi connectivity index (χ4v) is 1.28. The third-order valence-corrected chi connectivity index (χ3v) is 2.05. The first-order valence-corrected chi connectivity index (χ1v) is 4.03. The molecule has 14 heavy (non-hydrogen) atoms. The average Bonchev–Trinajstić information content (AvgIpc) is 2.12. The zero-order valence-electron chi connectivity index (χ0n) is 6.85. The third-order valence-electron chi connectivity index (χ3n) is 1.72. The van der Waals surface area contributed by atoms with Crippen molar-refractivity contribution in [2.24, 2.45) is 5.73 Å². The Morgan fingerprint density at radius 1 is 1.36 bits per heavy atom. The van der Waals surface area contributed by atoms with E-state index in [1.54, 1.807) is 0 Å². The molecule has 0 aliphatic carbocycles. The Hall–Kier alpha value is -0.940. The molecule has 0 spiro atoms. The van der Waals surface area contributed by atoms with Crippen molar-refractivity contribution in [2.45, 2.75) is 12.5 Å². The molecule has 0 saturated heterocycles. The van der Waals surface area contributed by atoms with Crippen LogP contribution in [0.3, 0.4) is 0 Å². The minimum Gasteiger partial charge on any atom is -0.505 e. The Bertz CT molecular complexity index is 346. The van der Waals surface area contributed by atoms with Gasteiger partial charge in [-0.05, 0) is 12.1 Å². The maximum absolute atomic E-state index is 12.8. The smallest absolute Gasteiger partial charge is 0.257 e. The van der Waals surface area contributed by atoms with Crippen molar-refractivity contribution in [3.8, 4) is 5.75 Å². The molecule has 78 valence electrons. The van der Waals surface area contributed by atoms with Gasteiger partial charge in [-0.15, -0.1) is 0 Å². The summed E-state index contributed by atoms with van der Waals surface area (Å²) in [5, 5.41) is 8.94. The average molecular weight is 226 g/mol. The monoisotopic (exact) mass is 225 g/mol. The lowest BCUT2D eigenvalue weighted by atomic mass is 10.1. The molecule has 0 aliphatic heterocycles. The maximum Gasteiger partial charge on any atom is 0.257 e. The molecule has 1 aromatic carbocycles. The largest absolute Gasteiger partial charge is 0.505 e. The van der Waals surface area contributed by atoms with Crippen LogP contribution in [0.4, 0.5) is 13.2 Å². The van der Waals surface area contributed by atoms with E-state index in [1.807, 2.05) is 0 Å². The first-order chi connectivity index (χ1) is 6.45. The lowest BCUT2D eigenvalue weighted by molar-refractivity contribution is 0.115. The summed E-state index contributed by atoms with van der Waals surface area (Å²) in [4.78, 5) is 0. The van der Waals surface area contributed by atoms with Crippen LogP contribution in [0, 0.1) is 5.82 Å². The minimum atomic E-state index is -2.92. The Morgan fingerprint density at radius 2 is 1.93 bits per heavy atom. The molecule has 0 heterocycles. The van der Waals surface area contributed by atoms with Gasteiger partial charge in [0.1, 0.15) is 0 Å². The fraction of sp³-hybridized carbons (Fsp3) is 0.250. The van der Waals surface area contributed by atoms with E-state index < -0.39 is 29.6 Å². The summed E-state index contributed by atoms with van der Waals surface area (Å²) in [7, 11) is 0. The van der Waals surface area contributed by atoms with Gasteiger partial charge in [-0.25, -0.2) is 13.2 Å². The van der Waals surface area contributed by atoms with Gasteiger partial charge in [-0.1, -0.05) is 11.6 Å². The molecule has 0 fully saturated rings. The van der Waals surface area contributed by atoms with Crippen LogP contribution in [-0.4, -0.2) is 11.5 Å². The highest BCUT2D eigenvalue weighted by Crippen LogP contribution is 2.34. The number of phenols is 1. The molecule has 0 unspecified atom stereocenters. The molecule has 0 amide bonds.